The first-order valence-electron chi connectivity index (χ1n) is 7.93. The average Bonchev–Trinajstić information content (AvgIpc) is 3.34. The third-order valence-corrected chi connectivity index (χ3v) is 6.45. The van der Waals surface area contributed by atoms with Crippen molar-refractivity contribution in [3.63, 3.8) is 0 Å². The largest absolute Gasteiger partial charge is 0.299 e. The van der Waals surface area contributed by atoms with Crippen LogP contribution in [0, 0.1) is 35.5 Å². The second-order valence-electron chi connectivity index (χ2n) is 7.28. The Hall–Kier alpha value is -1.11. The lowest BCUT2D eigenvalue weighted by atomic mass is 9.96. The Morgan fingerprint density at radius 2 is 1.63 bits per heavy atom. The van der Waals surface area contributed by atoms with Crippen LogP contribution in [0.15, 0.2) is 30.3 Å². The van der Waals surface area contributed by atoms with Crippen LogP contribution < -0.4 is 0 Å². The molecule has 1 heteroatoms. The van der Waals surface area contributed by atoms with Crippen molar-refractivity contribution in [1.82, 2.24) is 0 Å². The van der Waals surface area contributed by atoms with Gasteiger partial charge in [-0.05, 0) is 60.8 Å². The van der Waals surface area contributed by atoms with Gasteiger partial charge in [-0.15, -0.1) is 0 Å². The first kappa shape index (κ1) is 10.7. The summed E-state index contributed by atoms with van der Waals surface area (Å²) in [6, 6.07) is 10.6. The van der Waals surface area contributed by atoms with Crippen molar-refractivity contribution in [2.24, 2.45) is 35.5 Å². The van der Waals surface area contributed by atoms with E-state index in [4.69, 9.17) is 0 Å². The summed E-state index contributed by atoms with van der Waals surface area (Å²) in [7, 11) is 0. The summed E-state index contributed by atoms with van der Waals surface area (Å²) in [5.41, 5.74) is 1.38. The number of carbonyl (C=O) groups is 1. The van der Waals surface area contributed by atoms with Crippen LogP contribution in [0.5, 0.6) is 0 Å². The fraction of sp³-hybridized carbons (Fsp3) is 0.611. The van der Waals surface area contributed by atoms with Crippen LogP contribution in [0.25, 0.3) is 0 Å². The number of Topliss-reactive ketones (excluding diaryl/α,β-unsaturated/α-hetero) is 1. The molecule has 1 nitrogen and oxygen atoms in total. The second-order valence-corrected chi connectivity index (χ2v) is 7.28. The molecule has 4 saturated carbocycles. The van der Waals surface area contributed by atoms with Crippen LogP contribution in [0.3, 0.4) is 0 Å². The monoisotopic (exact) mass is 252 g/mol. The van der Waals surface area contributed by atoms with E-state index in [1.807, 2.05) is 0 Å². The standard InChI is InChI=1S/C18H20O/c19-18(14-9-13(14)10-4-2-1-3-5-10)17-15-11-6-7-12(8-11)16(15)17/h1-5,11-17H,6-9H2. The third-order valence-electron chi connectivity index (χ3n) is 6.45. The summed E-state index contributed by atoms with van der Waals surface area (Å²) in [6.45, 7) is 0. The van der Waals surface area contributed by atoms with Crippen molar-refractivity contribution in [2.45, 2.75) is 31.6 Å². The second kappa shape index (κ2) is 3.50. The highest BCUT2D eigenvalue weighted by Crippen LogP contribution is 2.71. The molecule has 0 aromatic heterocycles. The van der Waals surface area contributed by atoms with Gasteiger partial charge in [0.15, 0.2) is 0 Å². The first-order chi connectivity index (χ1) is 9.34. The summed E-state index contributed by atoms with van der Waals surface area (Å²) in [5, 5.41) is 0. The number of ketones is 1. The number of hydrogen-bond donors (Lipinski definition) is 0. The van der Waals surface area contributed by atoms with Crippen molar-refractivity contribution >= 4 is 5.78 Å². The van der Waals surface area contributed by atoms with E-state index in [0.29, 0.717) is 23.5 Å². The SMILES string of the molecule is O=C(C1CC1c1ccccc1)C1C2C3CCC(C3)C12. The average molecular weight is 252 g/mol. The predicted molar refractivity (Wildman–Crippen MR) is 73.6 cm³/mol. The zero-order valence-electron chi connectivity index (χ0n) is 11.2. The van der Waals surface area contributed by atoms with Gasteiger partial charge in [-0.2, -0.15) is 0 Å². The summed E-state index contributed by atoms with van der Waals surface area (Å²) >= 11 is 0. The van der Waals surface area contributed by atoms with E-state index in [1.54, 1.807) is 0 Å². The van der Waals surface area contributed by atoms with Crippen LogP contribution >= 0.6 is 0 Å². The number of hydrogen-bond acceptors (Lipinski definition) is 1. The van der Waals surface area contributed by atoms with Gasteiger partial charge in [-0.1, -0.05) is 30.3 Å². The van der Waals surface area contributed by atoms with Gasteiger partial charge < -0.3 is 0 Å². The normalized spacial score (nSPS) is 48.9. The van der Waals surface area contributed by atoms with E-state index in [2.05, 4.69) is 30.3 Å². The van der Waals surface area contributed by atoms with Gasteiger partial charge in [-0.3, -0.25) is 4.79 Å². The van der Waals surface area contributed by atoms with E-state index in [9.17, 15) is 4.79 Å². The van der Waals surface area contributed by atoms with Gasteiger partial charge in [0, 0.05) is 11.8 Å². The van der Waals surface area contributed by atoms with Crippen molar-refractivity contribution in [3.8, 4) is 0 Å². The Labute approximate surface area is 114 Å². The molecule has 19 heavy (non-hydrogen) atoms. The Morgan fingerprint density at radius 3 is 2.32 bits per heavy atom. The Balaban J connectivity index is 1.31. The Kier molecular flexibility index (Phi) is 1.96. The summed E-state index contributed by atoms with van der Waals surface area (Å²) in [5.74, 6) is 5.55. The van der Waals surface area contributed by atoms with Gasteiger partial charge in [0.25, 0.3) is 0 Å². The minimum Gasteiger partial charge on any atom is -0.299 e. The lowest BCUT2D eigenvalue weighted by molar-refractivity contribution is -0.122. The molecule has 1 aromatic carbocycles. The van der Waals surface area contributed by atoms with E-state index in [1.165, 1.54) is 24.8 Å². The number of carbonyl (C=O) groups excluding carboxylic acids is 1. The Morgan fingerprint density at radius 1 is 0.947 bits per heavy atom. The van der Waals surface area contributed by atoms with Crippen LogP contribution in [-0.2, 0) is 4.79 Å². The van der Waals surface area contributed by atoms with E-state index in [-0.39, 0.29) is 0 Å². The molecule has 0 spiro atoms. The zero-order chi connectivity index (χ0) is 12.6. The van der Waals surface area contributed by atoms with Crippen LogP contribution in [0.2, 0.25) is 0 Å². The number of benzene rings is 1. The molecule has 4 aliphatic rings. The molecular formula is C18H20O. The molecule has 6 atom stereocenters. The molecule has 0 aliphatic heterocycles. The van der Waals surface area contributed by atoms with Gasteiger partial charge in [0.1, 0.15) is 5.78 Å². The molecule has 1 aromatic rings. The fourth-order valence-corrected chi connectivity index (χ4v) is 5.53. The molecule has 0 saturated heterocycles. The Bertz CT molecular complexity index is 518. The van der Waals surface area contributed by atoms with Crippen molar-refractivity contribution in [1.29, 1.82) is 0 Å². The minimum atomic E-state index is 0.373. The smallest absolute Gasteiger partial charge is 0.140 e. The molecule has 2 bridgehead atoms. The maximum Gasteiger partial charge on any atom is 0.140 e. The molecule has 6 unspecified atom stereocenters. The summed E-state index contributed by atoms with van der Waals surface area (Å²) < 4.78 is 0. The summed E-state index contributed by atoms with van der Waals surface area (Å²) in [6.07, 6.45) is 5.41. The number of fused-ring (bicyclic) bond motifs is 5. The molecule has 0 amide bonds. The lowest BCUT2D eigenvalue weighted by Crippen LogP contribution is -2.12. The number of rotatable bonds is 3. The minimum absolute atomic E-state index is 0.373. The molecule has 4 aliphatic carbocycles. The van der Waals surface area contributed by atoms with E-state index < -0.39 is 0 Å². The van der Waals surface area contributed by atoms with Crippen LogP contribution in [0.4, 0.5) is 0 Å². The molecule has 0 N–H and O–H groups in total. The summed E-state index contributed by atoms with van der Waals surface area (Å²) in [4.78, 5) is 12.7. The molecule has 4 fully saturated rings. The van der Waals surface area contributed by atoms with Gasteiger partial charge in [0.05, 0.1) is 0 Å². The first-order valence-corrected chi connectivity index (χ1v) is 7.93. The van der Waals surface area contributed by atoms with E-state index >= 15 is 0 Å². The highest BCUT2D eigenvalue weighted by Gasteiger charge is 2.69. The molecule has 0 heterocycles. The maximum absolute atomic E-state index is 12.7. The van der Waals surface area contributed by atoms with Crippen molar-refractivity contribution < 1.29 is 4.79 Å². The molecular weight excluding hydrogens is 232 g/mol. The predicted octanol–water partition coefficient (Wildman–Crippen LogP) is 3.65. The van der Waals surface area contributed by atoms with Crippen molar-refractivity contribution in [2.75, 3.05) is 0 Å². The van der Waals surface area contributed by atoms with E-state index in [0.717, 1.165) is 30.1 Å². The molecule has 0 radical (unpaired) electrons. The van der Waals surface area contributed by atoms with Gasteiger partial charge in [-0.25, -0.2) is 0 Å². The van der Waals surface area contributed by atoms with Gasteiger partial charge in [0.2, 0.25) is 0 Å². The topological polar surface area (TPSA) is 17.1 Å². The fourth-order valence-electron chi connectivity index (χ4n) is 5.53. The maximum atomic E-state index is 12.7. The molecule has 98 valence electrons. The van der Waals surface area contributed by atoms with Crippen LogP contribution in [-0.4, -0.2) is 5.78 Å². The third kappa shape index (κ3) is 1.39. The highest BCUT2D eigenvalue weighted by atomic mass is 16.1. The lowest BCUT2D eigenvalue weighted by Gasteiger charge is -2.07. The quantitative estimate of drug-likeness (QED) is 0.802. The van der Waals surface area contributed by atoms with Crippen LogP contribution in [0.1, 0.15) is 37.2 Å². The van der Waals surface area contributed by atoms with Gasteiger partial charge >= 0.3 is 0 Å². The van der Waals surface area contributed by atoms with Crippen molar-refractivity contribution in [3.05, 3.63) is 35.9 Å². The molecule has 5 rings (SSSR count). The zero-order valence-corrected chi connectivity index (χ0v) is 11.2. The highest BCUT2D eigenvalue weighted by molar-refractivity contribution is 5.90.